The minimum Gasteiger partial charge on any atom is -0.355 e. The number of halogens is 1. The Labute approximate surface area is 156 Å². The van der Waals surface area contributed by atoms with Crippen LogP contribution in [-0.4, -0.2) is 31.2 Å². The molecule has 0 unspecified atom stereocenters. The molecular weight excluding hydrogens is 351 g/mol. The molecule has 136 valence electrons. The first-order valence-electron chi connectivity index (χ1n) is 8.56. The number of thioether (sulfide) groups is 1. The standard InChI is InChI=1S/C20H21FN2O2S/c1-26-17-8-2-14(3-9-17)10-12-22-19(24)18-11-13-23(20(18)25)16-6-4-15(21)5-7-16/h2-9,18H,10-13H2,1H3,(H,22,24)/t18-/m0/s1. The van der Waals surface area contributed by atoms with Gasteiger partial charge in [-0.05, 0) is 61.1 Å². The van der Waals surface area contributed by atoms with Gasteiger partial charge in [0, 0.05) is 23.7 Å². The van der Waals surface area contributed by atoms with Crippen LogP contribution < -0.4 is 10.2 Å². The third-order valence-electron chi connectivity index (χ3n) is 4.53. The van der Waals surface area contributed by atoms with Gasteiger partial charge in [-0.1, -0.05) is 12.1 Å². The number of nitrogens with zero attached hydrogens (tertiary/aromatic N) is 1. The van der Waals surface area contributed by atoms with Crippen LogP contribution in [0.3, 0.4) is 0 Å². The molecule has 1 N–H and O–H groups in total. The Hall–Kier alpha value is -2.34. The summed E-state index contributed by atoms with van der Waals surface area (Å²) in [5.74, 6) is -1.47. The molecule has 2 aromatic rings. The van der Waals surface area contributed by atoms with Gasteiger partial charge in [-0.25, -0.2) is 4.39 Å². The zero-order valence-electron chi connectivity index (χ0n) is 14.6. The van der Waals surface area contributed by atoms with Crippen LogP contribution in [0.4, 0.5) is 10.1 Å². The van der Waals surface area contributed by atoms with Crippen molar-refractivity contribution in [1.29, 1.82) is 0 Å². The maximum Gasteiger partial charge on any atom is 0.239 e. The average molecular weight is 372 g/mol. The number of carbonyl (C=O) groups excluding carboxylic acids is 2. The molecule has 0 aromatic heterocycles. The van der Waals surface area contributed by atoms with Crippen LogP contribution in [-0.2, 0) is 16.0 Å². The zero-order valence-corrected chi connectivity index (χ0v) is 15.4. The van der Waals surface area contributed by atoms with Crippen LogP contribution in [0.2, 0.25) is 0 Å². The van der Waals surface area contributed by atoms with E-state index < -0.39 is 5.92 Å². The number of hydrogen-bond donors (Lipinski definition) is 1. The van der Waals surface area contributed by atoms with E-state index in [0.717, 1.165) is 12.0 Å². The maximum absolute atomic E-state index is 13.0. The van der Waals surface area contributed by atoms with Crippen molar-refractivity contribution in [2.75, 3.05) is 24.2 Å². The fraction of sp³-hybridized carbons (Fsp3) is 0.300. The van der Waals surface area contributed by atoms with E-state index in [0.29, 0.717) is 25.2 Å². The molecule has 26 heavy (non-hydrogen) atoms. The molecule has 1 aliphatic heterocycles. The van der Waals surface area contributed by atoms with E-state index in [-0.39, 0.29) is 17.6 Å². The van der Waals surface area contributed by atoms with E-state index in [2.05, 4.69) is 29.6 Å². The summed E-state index contributed by atoms with van der Waals surface area (Å²) in [4.78, 5) is 27.6. The molecule has 1 saturated heterocycles. The SMILES string of the molecule is CSc1ccc(CCNC(=O)[C@@H]2CCN(c3ccc(F)cc3)C2=O)cc1. The number of benzene rings is 2. The normalized spacial score (nSPS) is 16.8. The van der Waals surface area contributed by atoms with Gasteiger partial charge in [0.1, 0.15) is 11.7 Å². The second kappa shape index (κ2) is 8.36. The molecule has 0 bridgehead atoms. The molecule has 1 fully saturated rings. The fourth-order valence-electron chi connectivity index (χ4n) is 3.05. The molecule has 0 radical (unpaired) electrons. The molecule has 1 atom stereocenters. The minimum absolute atomic E-state index is 0.224. The molecule has 1 aliphatic rings. The van der Waals surface area contributed by atoms with Gasteiger partial charge in [0.05, 0.1) is 0 Å². The Morgan fingerprint density at radius 1 is 1.19 bits per heavy atom. The average Bonchev–Trinajstić information content (AvgIpc) is 3.04. The van der Waals surface area contributed by atoms with Crippen LogP contribution in [0.25, 0.3) is 0 Å². The summed E-state index contributed by atoms with van der Waals surface area (Å²) in [6.45, 7) is 0.969. The van der Waals surface area contributed by atoms with Crippen molar-refractivity contribution in [2.24, 2.45) is 5.92 Å². The molecular formula is C20H21FN2O2S. The third kappa shape index (κ3) is 4.25. The predicted octanol–water partition coefficient (Wildman–Crippen LogP) is 3.26. The number of nitrogens with one attached hydrogen (secondary N) is 1. The van der Waals surface area contributed by atoms with Crippen LogP contribution >= 0.6 is 11.8 Å². The van der Waals surface area contributed by atoms with Gasteiger partial charge >= 0.3 is 0 Å². The van der Waals surface area contributed by atoms with Gasteiger partial charge in [0.15, 0.2) is 0 Å². The molecule has 6 heteroatoms. The highest BCUT2D eigenvalue weighted by Gasteiger charge is 2.37. The summed E-state index contributed by atoms with van der Waals surface area (Å²) in [5, 5.41) is 2.86. The highest BCUT2D eigenvalue weighted by atomic mass is 32.2. The molecule has 2 aromatic carbocycles. The Balaban J connectivity index is 1.51. The van der Waals surface area contributed by atoms with Crippen molar-refractivity contribution in [3.63, 3.8) is 0 Å². The maximum atomic E-state index is 13.0. The summed E-state index contributed by atoms with van der Waals surface area (Å²) >= 11 is 1.69. The number of carbonyl (C=O) groups is 2. The second-order valence-corrected chi connectivity index (χ2v) is 7.08. The van der Waals surface area contributed by atoms with Crippen molar-refractivity contribution in [1.82, 2.24) is 5.32 Å². The van der Waals surface area contributed by atoms with Crippen LogP contribution in [0.5, 0.6) is 0 Å². The van der Waals surface area contributed by atoms with E-state index in [1.54, 1.807) is 28.8 Å². The lowest BCUT2D eigenvalue weighted by Crippen LogP contribution is -2.37. The predicted molar refractivity (Wildman–Crippen MR) is 102 cm³/mol. The van der Waals surface area contributed by atoms with Gasteiger partial charge in [0.2, 0.25) is 11.8 Å². The van der Waals surface area contributed by atoms with Crippen LogP contribution in [0.1, 0.15) is 12.0 Å². The van der Waals surface area contributed by atoms with Gasteiger partial charge in [-0.15, -0.1) is 11.8 Å². The van der Waals surface area contributed by atoms with Gasteiger partial charge in [-0.2, -0.15) is 0 Å². The quantitative estimate of drug-likeness (QED) is 0.625. The third-order valence-corrected chi connectivity index (χ3v) is 5.28. The molecule has 2 amide bonds. The van der Waals surface area contributed by atoms with Crippen molar-refractivity contribution < 1.29 is 14.0 Å². The topological polar surface area (TPSA) is 49.4 Å². The van der Waals surface area contributed by atoms with E-state index in [1.165, 1.54) is 17.0 Å². The highest BCUT2D eigenvalue weighted by Crippen LogP contribution is 2.25. The minimum atomic E-state index is -0.668. The summed E-state index contributed by atoms with van der Waals surface area (Å²) in [6.07, 6.45) is 3.23. The lowest BCUT2D eigenvalue weighted by molar-refractivity contribution is -0.132. The lowest BCUT2D eigenvalue weighted by atomic mass is 10.1. The summed E-state index contributed by atoms with van der Waals surface area (Å²) in [6, 6.07) is 14.0. The van der Waals surface area contributed by atoms with Crippen molar-refractivity contribution in [2.45, 2.75) is 17.7 Å². The Morgan fingerprint density at radius 3 is 2.54 bits per heavy atom. The first-order valence-corrected chi connectivity index (χ1v) is 9.78. The lowest BCUT2D eigenvalue weighted by Gasteiger charge is -2.16. The van der Waals surface area contributed by atoms with E-state index >= 15 is 0 Å². The number of amides is 2. The first kappa shape index (κ1) is 18.5. The highest BCUT2D eigenvalue weighted by molar-refractivity contribution is 7.98. The molecule has 0 aliphatic carbocycles. The molecule has 0 saturated carbocycles. The first-order chi connectivity index (χ1) is 12.6. The van der Waals surface area contributed by atoms with Gasteiger partial charge in [-0.3, -0.25) is 9.59 Å². The molecule has 0 spiro atoms. The van der Waals surface area contributed by atoms with Crippen molar-refractivity contribution in [3.05, 3.63) is 59.9 Å². The number of hydrogen-bond acceptors (Lipinski definition) is 3. The van der Waals surface area contributed by atoms with E-state index in [4.69, 9.17) is 0 Å². The largest absolute Gasteiger partial charge is 0.355 e. The van der Waals surface area contributed by atoms with Gasteiger partial charge < -0.3 is 10.2 Å². The number of anilines is 1. The second-order valence-electron chi connectivity index (χ2n) is 6.20. The molecule has 3 rings (SSSR count). The monoisotopic (exact) mass is 372 g/mol. The summed E-state index contributed by atoms with van der Waals surface area (Å²) < 4.78 is 13.0. The smallest absolute Gasteiger partial charge is 0.239 e. The molecule has 1 heterocycles. The van der Waals surface area contributed by atoms with E-state index in [9.17, 15) is 14.0 Å². The molecule has 4 nitrogen and oxygen atoms in total. The number of rotatable bonds is 6. The van der Waals surface area contributed by atoms with Crippen LogP contribution in [0.15, 0.2) is 53.4 Å². The van der Waals surface area contributed by atoms with Crippen LogP contribution in [0, 0.1) is 11.7 Å². The zero-order chi connectivity index (χ0) is 18.5. The Bertz CT molecular complexity index is 777. The van der Waals surface area contributed by atoms with Crippen molar-refractivity contribution >= 4 is 29.3 Å². The fourth-order valence-corrected chi connectivity index (χ4v) is 3.45. The Kier molecular flexibility index (Phi) is 5.93. The Morgan fingerprint density at radius 2 is 1.88 bits per heavy atom. The van der Waals surface area contributed by atoms with Gasteiger partial charge in [0.25, 0.3) is 0 Å². The summed E-state index contributed by atoms with van der Waals surface area (Å²) in [7, 11) is 0. The summed E-state index contributed by atoms with van der Waals surface area (Å²) in [5.41, 5.74) is 1.77. The van der Waals surface area contributed by atoms with E-state index in [1.807, 2.05) is 6.26 Å². The van der Waals surface area contributed by atoms with Crippen molar-refractivity contribution in [3.8, 4) is 0 Å².